The van der Waals surface area contributed by atoms with Crippen molar-refractivity contribution in [2.24, 2.45) is 0 Å². The van der Waals surface area contributed by atoms with Gasteiger partial charge in [0.2, 0.25) is 5.43 Å². The van der Waals surface area contributed by atoms with E-state index in [9.17, 15) is 9.59 Å². The van der Waals surface area contributed by atoms with Crippen LogP contribution in [0.3, 0.4) is 0 Å². The molecule has 35 heavy (non-hydrogen) atoms. The first-order valence-corrected chi connectivity index (χ1v) is 12.4. The van der Waals surface area contributed by atoms with Gasteiger partial charge in [0.15, 0.2) is 5.13 Å². The van der Waals surface area contributed by atoms with Crippen molar-refractivity contribution < 1.29 is 9.18 Å². The van der Waals surface area contributed by atoms with Gasteiger partial charge in [-0.3, -0.25) is 14.9 Å². The van der Waals surface area contributed by atoms with Crippen LogP contribution in [0.1, 0.15) is 17.3 Å². The molecule has 0 atom stereocenters. The normalized spacial score (nSPS) is 14.4. The Morgan fingerprint density at radius 1 is 1.14 bits per heavy atom. The van der Waals surface area contributed by atoms with Gasteiger partial charge in [0.05, 0.1) is 16.9 Å². The SMILES string of the molecule is CCn1cc(C(=O)Nc2nc(-c3ccccc3)cs2)c(=O)c2cc(F)c(N3CCN(C)CC3)cc21. The molecule has 4 aromatic rings. The summed E-state index contributed by atoms with van der Waals surface area (Å²) in [7, 11) is 2.05. The maximum absolute atomic E-state index is 15.1. The molecular formula is C26H26FN5O2S. The molecule has 0 spiro atoms. The van der Waals surface area contributed by atoms with Gasteiger partial charge in [-0.1, -0.05) is 30.3 Å². The standard InChI is InChI=1S/C26H26FN5O2S/c1-3-31-15-19(25(34)29-26-28-21(16-35-26)17-7-5-4-6-8-17)24(33)18-13-20(27)23(14-22(18)31)32-11-9-30(2)10-12-32/h4-8,13-16H,3,9-12H2,1-2H3,(H,28,29,34). The Morgan fingerprint density at radius 2 is 1.89 bits per heavy atom. The Balaban J connectivity index is 1.47. The van der Waals surface area contributed by atoms with Crippen molar-refractivity contribution >= 4 is 39.0 Å². The molecule has 2 aromatic heterocycles. The molecule has 1 N–H and O–H groups in total. The summed E-state index contributed by atoms with van der Waals surface area (Å²) in [5.41, 5.74) is 2.25. The summed E-state index contributed by atoms with van der Waals surface area (Å²) in [4.78, 5) is 35.0. The van der Waals surface area contributed by atoms with Crippen LogP contribution in [-0.4, -0.2) is 53.6 Å². The first-order valence-electron chi connectivity index (χ1n) is 11.6. The first kappa shape index (κ1) is 23.2. The number of hydrogen-bond donors (Lipinski definition) is 1. The van der Waals surface area contributed by atoms with Crippen LogP contribution in [0.2, 0.25) is 0 Å². The van der Waals surface area contributed by atoms with E-state index in [0.717, 1.165) is 24.3 Å². The highest BCUT2D eigenvalue weighted by molar-refractivity contribution is 7.14. The highest BCUT2D eigenvalue weighted by Gasteiger charge is 2.22. The molecule has 0 saturated carbocycles. The molecule has 180 valence electrons. The number of hydrogen-bond acceptors (Lipinski definition) is 6. The number of nitrogens with one attached hydrogen (secondary N) is 1. The maximum atomic E-state index is 15.1. The fourth-order valence-electron chi connectivity index (χ4n) is 4.35. The maximum Gasteiger partial charge on any atom is 0.262 e. The Bertz CT molecular complexity index is 1440. The van der Waals surface area contributed by atoms with Crippen LogP contribution in [0.5, 0.6) is 0 Å². The van der Waals surface area contributed by atoms with E-state index >= 15 is 4.39 Å². The van der Waals surface area contributed by atoms with Gasteiger partial charge < -0.3 is 14.4 Å². The summed E-state index contributed by atoms with van der Waals surface area (Å²) in [5.74, 6) is -1.01. The Kier molecular flexibility index (Phi) is 6.36. The third-order valence-corrected chi connectivity index (χ3v) is 7.13. The number of aryl methyl sites for hydroxylation is 1. The van der Waals surface area contributed by atoms with Gasteiger partial charge in [-0.05, 0) is 26.1 Å². The molecule has 0 aliphatic carbocycles. The second-order valence-electron chi connectivity index (χ2n) is 8.63. The number of aromatic nitrogens is 2. The van der Waals surface area contributed by atoms with Crippen LogP contribution in [0.15, 0.2) is 58.8 Å². The van der Waals surface area contributed by atoms with Crippen molar-refractivity contribution in [3.05, 3.63) is 75.6 Å². The largest absolute Gasteiger partial charge is 0.367 e. The summed E-state index contributed by atoms with van der Waals surface area (Å²) in [6.45, 7) is 5.58. The number of rotatable bonds is 5. The molecule has 1 aliphatic rings. The molecule has 2 aromatic carbocycles. The second kappa shape index (κ2) is 9.59. The lowest BCUT2D eigenvalue weighted by Gasteiger charge is -2.34. The minimum atomic E-state index is -0.559. The quantitative estimate of drug-likeness (QED) is 0.451. The third kappa shape index (κ3) is 4.56. The van der Waals surface area contributed by atoms with Gasteiger partial charge >= 0.3 is 0 Å². The van der Waals surface area contributed by atoms with Crippen molar-refractivity contribution in [2.45, 2.75) is 13.5 Å². The number of fused-ring (bicyclic) bond motifs is 1. The van der Waals surface area contributed by atoms with Gasteiger partial charge in [-0.25, -0.2) is 9.37 Å². The highest BCUT2D eigenvalue weighted by atomic mass is 32.1. The van der Waals surface area contributed by atoms with Gasteiger partial charge in [0.25, 0.3) is 5.91 Å². The lowest BCUT2D eigenvalue weighted by atomic mass is 10.1. The van der Waals surface area contributed by atoms with Crippen LogP contribution < -0.4 is 15.6 Å². The molecular weight excluding hydrogens is 465 g/mol. The molecule has 0 radical (unpaired) electrons. The monoisotopic (exact) mass is 491 g/mol. The smallest absolute Gasteiger partial charge is 0.262 e. The van der Waals surface area contributed by atoms with E-state index in [1.54, 1.807) is 12.3 Å². The molecule has 1 aliphatic heterocycles. The number of halogens is 1. The van der Waals surface area contributed by atoms with Crippen molar-refractivity contribution in [1.82, 2.24) is 14.5 Å². The van der Waals surface area contributed by atoms with Gasteiger partial charge in [0.1, 0.15) is 11.4 Å². The number of piperazine rings is 1. The summed E-state index contributed by atoms with van der Waals surface area (Å²) in [6.07, 6.45) is 1.55. The average molecular weight is 492 g/mol. The highest BCUT2D eigenvalue weighted by Crippen LogP contribution is 2.27. The predicted molar refractivity (Wildman–Crippen MR) is 139 cm³/mol. The van der Waals surface area contributed by atoms with E-state index in [4.69, 9.17) is 0 Å². The van der Waals surface area contributed by atoms with Crippen LogP contribution >= 0.6 is 11.3 Å². The zero-order chi connectivity index (χ0) is 24.5. The lowest BCUT2D eigenvalue weighted by Crippen LogP contribution is -2.44. The van der Waals surface area contributed by atoms with Crippen molar-refractivity contribution in [2.75, 3.05) is 43.4 Å². The van der Waals surface area contributed by atoms with E-state index in [2.05, 4.69) is 15.2 Å². The number of benzene rings is 2. The summed E-state index contributed by atoms with van der Waals surface area (Å²) in [6, 6.07) is 12.6. The van der Waals surface area contributed by atoms with E-state index in [1.807, 2.05) is 59.2 Å². The van der Waals surface area contributed by atoms with Crippen molar-refractivity contribution in [3.8, 4) is 11.3 Å². The Morgan fingerprint density at radius 3 is 2.60 bits per heavy atom. The average Bonchev–Trinajstić information content (AvgIpc) is 3.34. The van der Waals surface area contributed by atoms with Crippen LogP contribution in [0.4, 0.5) is 15.2 Å². The van der Waals surface area contributed by atoms with Gasteiger partial charge in [0, 0.05) is 55.3 Å². The number of anilines is 2. The van der Waals surface area contributed by atoms with E-state index in [1.165, 1.54) is 17.4 Å². The predicted octanol–water partition coefficient (Wildman–Crippen LogP) is 4.29. The number of amides is 1. The zero-order valence-electron chi connectivity index (χ0n) is 19.6. The van der Waals surface area contributed by atoms with Crippen LogP contribution in [-0.2, 0) is 6.54 Å². The number of carbonyl (C=O) groups excluding carboxylic acids is 1. The molecule has 9 heteroatoms. The molecule has 5 rings (SSSR count). The van der Waals surface area contributed by atoms with E-state index < -0.39 is 17.2 Å². The Labute approximate surface area is 206 Å². The number of pyridine rings is 1. The number of thiazole rings is 1. The molecule has 1 saturated heterocycles. The van der Waals surface area contributed by atoms with Crippen molar-refractivity contribution in [3.63, 3.8) is 0 Å². The molecule has 0 unspecified atom stereocenters. The molecule has 1 fully saturated rings. The summed E-state index contributed by atoms with van der Waals surface area (Å²) < 4.78 is 17.0. The fourth-order valence-corrected chi connectivity index (χ4v) is 5.06. The topological polar surface area (TPSA) is 70.5 Å². The molecule has 7 nitrogen and oxygen atoms in total. The molecule has 3 heterocycles. The summed E-state index contributed by atoms with van der Waals surface area (Å²) >= 11 is 1.29. The first-order chi connectivity index (χ1) is 16.9. The minimum absolute atomic E-state index is 0.0393. The van der Waals surface area contributed by atoms with Crippen LogP contribution in [0, 0.1) is 5.82 Å². The number of likely N-dealkylation sites (N-methyl/N-ethyl adjacent to an activating group) is 1. The third-order valence-electron chi connectivity index (χ3n) is 6.37. The van der Waals surface area contributed by atoms with Gasteiger partial charge in [-0.2, -0.15) is 0 Å². The number of nitrogens with zero attached hydrogens (tertiary/aromatic N) is 4. The minimum Gasteiger partial charge on any atom is -0.367 e. The van der Waals surface area contributed by atoms with E-state index in [0.29, 0.717) is 36.0 Å². The fraction of sp³-hybridized carbons (Fsp3) is 0.269. The van der Waals surface area contributed by atoms with Crippen LogP contribution in [0.25, 0.3) is 22.2 Å². The summed E-state index contributed by atoms with van der Waals surface area (Å²) in [5, 5.41) is 5.18. The lowest BCUT2D eigenvalue weighted by molar-refractivity contribution is 0.102. The number of carbonyl (C=O) groups is 1. The van der Waals surface area contributed by atoms with Gasteiger partial charge in [-0.15, -0.1) is 11.3 Å². The Hall–Kier alpha value is -3.56. The zero-order valence-corrected chi connectivity index (χ0v) is 20.4. The van der Waals surface area contributed by atoms with Crippen molar-refractivity contribution in [1.29, 1.82) is 0 Å². The van der Waals surface area contributed by atoms with E-state index in [-0.39, 0.29) is 10.9 Å². The molecule has 1 amide bonds. The molecule has 0 bridgehead atoms. The second-order valence-corrected chi connectivity index (χ2v) is 9.49.